The van der Waals surface area contributed by atoms with Crippen molar-refractivity contribution in [2.24, 2.45) is 9.98 Å². The van der Waals surface area contributed by atoms with Gasteiger partial charge in [-0.3, -0.25) is 19.7 Å². The molecule has 0 spiro atoms. The van der Waals surface area contributed by atoms with Crippen LogP contribution >= 0.6 is 15.9 Å². The minimum absolute atomic E-state index is 0. The molecule has 328 valence electrons. The molecule has 62 heavy (non-hydrogen) atoms. The number of aliphatic imine (C=N–C) groups is 2. The molecule has 6 aromatic rings. The molecule has 0 radical (unpaired) electrons. The Morgan fingerprint density at radius 3 is 1.61 bits per heavy atom. The van der Waals surface area contributed by atoms with E-state index in [0.717, 1.165) is 35.7 Å². The number of aromatic nitrogens is 6. The third-order valence-corrected chi connectivity index (χ3v) is 9.39. The van der Waals surface area contributed by atoms with Crippen LogP contribution in [0, 0.1) is 13.8 Å². The first kappa shape index (κ1) is 46.7. The molecule has 0 saturated heterocycles. The number of amidine groups is 2. The lowest BCUT2D eigenvalue weighted by Crippen LogP contribution is -2.33. The van der Waals surface area contributed by atoms with Crippen molar-refractivity contribution in [3.05, 3.63) is 147 Å². The molecule has 2 aliphatic rings. The number of alkyl halides is 6. The number of halogens is 7. The maximum Gasteiger partial charge on any atom is 0.416 e. The number of imidazole rings is 2. The minimum atomic E-state index is -4.38. The third-order valence-electron chi connectivity index (χ3n) is 8.79. The topological polar surface area (TPSA) is 158 Å². The van der Waals surface area contributed by atoms with Crippen molar-refractivity contribution < 1.29 is 45.5 Å². The summed E-state index contributed by atoms with van der Waals surface area (Å²) in [4.78, 5) is 39.4. The lowest BCUT2D eigenvalue weighted by atomic mass is 10.1. The zero-order chi connectivity index (χ0) is 43.7. The van der Waals surface area contributed by atoms with Gasteiger partial charge < -0.3 is 19.0 Å². The number of rotatable bonds is 7. The highest BCUT2D eigenvalue weighted by Gasteiger charge is 2.32. The fraction of sp³-hybridized carbons (Fsp3) is 0.268. The lowest BCUT2D eigenvalue weighted by molar-refractivity contribution is -0.138. The molecule has 4 aromatic heterocycles. The molecule has 2 unspecified atom stereocenters. The maximum absolute atomic E-state index is 12.8. The molecule has 14 nitrogen and oxygen atoms in total. The molecular formula is C41H41BrF6N10O4. The van der Waals surface area contributed by atoms with E-state index < -0.39 is 35.6 Å². The second-order valence-corrected chi connectivity index (χ2v) is 14.0. The number of pyridine rings is 2. The van der Waals surface area contributed by atoms with Gasteiger partial charge in [-0.2, -0.15) is 26.3 Å². The normalized spacial score (nSPS) is 16.0. The number of aryl methyl sites for hydroxylation is 2. The number of H-pyrrole nitrogens is 1. The number of aromatic amines is 1. The smallest absolute Gasteiger partial charge is 0.416 e. The number of hydrogen-bond donors (Lipinski definition) is 3. The Morgan fingerprint density at radius 2 is 1.21 bits per heavy atom. The van der Waals surface area contributed by atoms with Gasteiger partial charge in [-0.05, 0) is 89.4 Å². The number of hydrogen-bond acceptors (Lipinski definition) is 12. The number of benzene rings is 2. The van der Waals surface area contributed by atoms with Gasteiger partial charge in [0.1, 0.15) is 42.4 Å². The zero-order valence-electron chi connectivity index (χ0n) is 32.7. The van der Waals surface area contributed by atoms with Gasteiger partial charge in [0.2, 0.25) is 11.8 Å². The van der Waals surface area contributed by atoms with E-state index in [1.807, 2.05) is 26.1 Å². The van der Waals surface area contributed by atoms with Crippen LogP contribution in [-0.2, 0) is 22.0 Å². The minimum Gasteiger partial charge on any atom is -0.480 e. The number of hydroxylamine groups is 2. The second kappa shape index (κ2) is 20.5. The first-order chi connectivity index (χ1) is 29.1. The Labute approximate surface area is 360 Å². The van der Waals surface area contributed by atoms with Crippen molar-refractivity contribution in [1.29, 1.82) is 0 Å². The summed E-state index contributed by atoms with van der Waals surface area (Å²) in [6.07, 6.45) is -1.80. The maximum atomic E-state index is 12.8. The average molecular weight is 932 g/mol. The summed E-state index contributed by atoms with van der Waals surface area (Å²) in [5, 5.41) is 0. The van der Waals surface area contributed by atoms with Crippen LogP contribution in [0.25, 0.3) is 5.69 Å². The predicted molar refractivity (Wildman–Crippen MR) is 221 cm³/mol. The van der Waals surface area contributed by atoms with Gasteiger partial charge in [0.15, 0.2) is 11.7 Å². The summed E-state index contributed by atoms with van der Waals surface area (Å²) >= 11 is 3.31. The third kappa shape index (κ3) is 11.9. The lowest BCUT2D eigenvalue weighted by Gasteiger charge is -2.22. The molecule has 0 fully saturated rings. The largest absolute Gasteiger partial charge is 0.480 e. The van der Waals surface area contributed by atoms with Crippen LogP contribution in [0.2, 0.25) is 0 Å². The Balaban J connectivity index is 0.000000205. The molecule has 8 rings (SSSR count). The van der Waals surface area contributed by atoms with Crippen molar-refractivity contribution >= 4 is 27.6 Å². The molecule has 0 saturated carbocycles. The highest BCUT2D eigenvalue weighted by molar-refractivity contribution is 9.10. The van der Waals surface area contributed by atoms with E-state index in [1.54, 1.807) is 41.6 Å². The van der Waals surface area contributed by atoms with E-state index in [4.69, 9.17) is 19.1 Å². The molecule has 21 heteroatoms. The molecule has 3 N–H and O–H groups in total. The fourth-order valence-corrected chi connectivity index (χ4v) is 6.05. The summed E-state index contributed by atoms with van der Waals surface area (Å²) in [7, 11) is 3.01. The van der Waals surface area contributed by atoms with Gasteiger partial charge in [0.25, 0.3) is 0 Å². The van der Waals surface area contributed by atoms with Crippen LogP contribution in [0.3, 0.4) is 0 Å². The number of ether oxygens (including phenoxy) is 2. The summed E-state index contributed by atoms with van der Waals surface area (Å²) < 4.78 is 89.4. The van der Waals surface area contributed by atoms with E-state index in [0.29, 0.717) is 56.1 Å². The average Bonchev–Trinajstić information content (AvgIpc) is 3.94. The first-order valence-corrected chi connectivity index (χ1v) is 18.9. The van der Waals surface area contributed by atoms with Crippen molar-refractivity contribution in [2.75, 3.05) is 27.4 Å². The van der Waals surface area contributed by atoms with Crippen molar-refractivity contribution in [3.63, 3.8) is 0 Å². The Hall–Kier alpha value is -6.32. The van der Waals surface area contributed by atoms with Gasteiger partial charge in [-0.25, -0.2) is 30.9 Å². The van der Waals surface area contributed by atoms with Crippen molar-refractivity contribution in [1.82, 2.24) is 40.4 Å². The van der Waals surface area contributed by atoms with Gasteiger partial charge >= 0.3 is 12.4 Å². The molecule has 6 heterocycles. The number of nitrogens with zero attached hydrogens (tertiary/aromatic N) is 7. The standard InChI is InChI=1S/C20H18F3N5O2.C16H13BrF3N3O2.C4H6N2.CH4/c1-12-9-28(11-24-12)17-8-7-15(26-19(17)29-2)18-25-16(10-30-27-18)13-3-5-14(6-4-13)20(21,22)23;1-24-15-11(17)6-7-12(22-15)14-21-13(8-25-23-14)9-2-4-10(5-3-9)16(18,19)20;1-4-2-5-3-6-4;/h3-9,11,16H,10H2,1-2H3,(H,25,27);2-7,13H,8H2,1H3,(H,21,23);2-3H,1H3,(H,5,6);1H4. The SMILES string of the molecule is C.COc1nc(C2=NC(c3ccc(C(F)(F)F)cc3)CON2)ccc1-n1cnc(C)c1.COc1nc(C2=NC(c3ccc(C(F)(F)F)cc3)CON2)ccc1Br.Cc1cnc[nH]1. The highest BCUT2D eigenvalue weighted by atomic mass is 79.9. The quantitative estimate of drug-likeness (QED) is 0.132. The predicted octanol–water partition coefficient (Wildman–Crippen LogP) is 8.87. The monoisotopic (exact) mass is 930 g/mol. The molecular weight excluding hydrogens is 890 g/mol. The number of nitrogens with one attached hydrogen (secondary N) is 3. The highest BCUT2D eigenvalue weighted by Crippen LogP contribution is 2.33. The zero-order valence-corrected chi connectivity index (χ0v) is 34.3. The van der Waals surface area contributed by atoms with Gasteiger partial charge in [0, 0.05) is 18.1 Å². The summed E-state index contributed by atoms with van der Waals surface area (Å²) in [5.74, 6) is 1.49. The molecule has 2 aliphatic heterocycles. The first-order valence-electron chi connectivity index (χ1n) is 18.1. The Bertz CT molecular complexity index is 2440. The molecule has 2 aromatic carbocycles. The number of methoxy groups -OCH3 is 2. The van der Waals surface area contributed by atoms with E-state index in [-0.39, 0.29) is 20.6 Å². The van der Waals surface area contributed by atoms with Crippen LogP contribution in [0.15, 0.2) is 112 Å². The van der Waals surface area contributed by atoms with Crippen LogP contribution in [0.5, 0.6) is 11.8 Å². The summed E-state index contributed by atoms with van der Waals surface area (Å²) in [6, 6.07) is 15.9. The molecule has 2 atom stereocenters. The van der Waals surface area contributed by atoms with Gasteiger partial charge in [-0.1, -0.05) is 31.7 Å². The van der Waals surface area contributed by atoms with Crippen LogP contribution in [0.1, 0.15) is 64.5 Å². The Morgan fingerprint density at radius 1 is 0.710 bits per heavy atom. The van der Waals surface area contributed by atoms with E-state index in [1.165, 1.54) is 38.5 Å². The van der Waals surface area contributed by atoms with Crippen molar-refractivity contribution in [2.45, 2.75) is 45.7 Å². The van der Waals surface area contributed by atoms with E-state index >= 15 is 0 Å². The van der Waals surface area contributed by atoms with E-state index in [2.05, 4.69) is 61.8 Å². The van der Waals surface area contributed by atoms with Gasteiger partial charge in [-0.15, -0.1) is 0 Å². The van der Waals surface area contributed by atoms with E-state index in [9.17, 15) is 26.3 Å². The van der Waals surface area contributed by atoms with Crippen LogP contribution in [-0.4, -0.2) is 68.6 Å². The summed E-state index contributed by atoms with van der Waals surface area (Å²) in [5.41, 5.74) is 8.86. The molecule has 0 aliphatic carbocycles. The molecule has 0 amide bonds. The Kier molecular flexibility index (Phi) is 15.5. The second-order valence-electron chi connectivity index (χ2n) is 13.1. The van der Waals surface area contributed by atoms with Gasteiger partial charge in [0.05, 0.1) is 48.2 Å². The summed E-state index contributed by atoms with van der Waals surface area (Å²) in [6.45, 7) is 4.22. The van der Waals surface area contributed by atoms with Crippen LogP contribution < -0.4 is 20.4 Å². The van der Waals surface area contributed by atoms with Crippen LogP contribution in [0.4, 0.5) is 26.3 Å². The fourth-order valence-electron chi connectivity index (χ4n) is 5.67. The van der Waals surface area contributed by atoms with Crippen molar-refractivity contribution in [3.8, 4) is 17.4 Å². The molecule has 0 bridgehead atoms.